The Hall–Kier alpha value is -2.62. The molecule has 2 amide bonds. The second-order valence-electron chi connectivity index (χ2n) is 5.65. The van der Waals surface area contributed by atoms with E-state index in [0.29, 0.717) is 23.4 Å². The minimum absolute atomic E-state index is 0.00297. The fourth-order valence-electron chi connectivity index (χ4n) is 3.44. The molecule has 2 aromatic rings. The maximum absolute atomic E-state index is 12.9. The highest BCUT2D eigenvalue weighted by Gasteiger charge is 2.47. The molecule has 0 aliphatic carbocycles. The summed E-state index contributed by atoms with van der Waals surface area (Å²) in [6.07, 6.45) is 0.542. The Balaban J connectivity index is 1.97. The first-order valence-electron chi connectivity index (χ1n) is 7.56. The van der Waals surface area contributed by atoms with Crippen molar-refractivity contribution in [3.63, 3.8) is 0 Å². The summed E-state index contributed by atoms with van der Waals surface area (Å²) in [4.78, 5) is 29.3. The van der Waals surface area contributed by atoms with Crippen LogP contribution < -0.4 is 4.90 Å². The largest absolute Gasteiger partial charge is 0.313 e. The van der Waals surface area contributed by atoms with E-state index in [4.69, 9.17) is 0 Å². The van der Waals surface area contributed by atoms with Crippen LogP contribution in [0.5, 0.6) is 0 Å². The SMILES string of the molecule is CCCN1C(=O)c2ccccc2N2C(=O)c3ccccc3C12. The fraction of sp³-hybridized carbons (Fsp3) is 0.222. The summed E-state index contributed by atoms with van der Waals surface area (Å²) >= 11 is 0. The van der Waals surface area contributed by atoms with Gasteiger partial charge in [-0.3, -0.25) is 14.5 Å². The van der Waals surface area contributed by atoms with Crippen LogP contribution >= 0.6 is 0 Å². The maximum atomic E-state index is 12.9. The summed E-state index contributed by atoms with van der Waals surface area (Å²) in [5, 5.41) is 0. The predicted molar refractivity (Wildman–Crippen MR) is 83.8 cm³/mol. The van der Waals surface area contributed by atoms with E-state index in [2.05, 4.69) is 0 Å². The van der Waals surface area contributed by atoms with Crippen molar-refractivity contribution in [1.29, 1.82) is 0 Å². The Kier molecular flexibility index (Phi) is 2.79. The number of hydrogen-bond donors (Lipinski definition) is 0. The van der Waals surface area contributed by atoms with Gasteiger partial charge in [0.15, 0.2) is 0 Å². The third kappa shape index (κ3) is 1.58. The van der Waals surface area contributed by atoms with E-state index in [1.165, 1.54) is 0 Å². The molecule has 0 saturated carbocycles. The van der Waals surface area contributed by atoms with Gasteiger partial charge in [0.05, 0.1) is 11.3 Å². The summed E-state index contributed by atoms with van der Waals surface area (Å²) in [5.41, 5.74) is 2.93. The first-order valence-corrected chi connectivity index (χ1v) is 7.56. The van der Waals surface area contributed by atoms with Crippen LogP contribution in [0.15, 0.2) is 48.5 Å². The smallest absolute Gasteiger partial charge is 0.260 e. The normalized spacial score (nSPS) is 19.0. The van der Waals surface area contributed by atoms with Crippen LogP contribution in [0.1, 0.15) is 45.8 Å². The van der Waals surface area contributed by atoms with Crippen LogP contribution in [0, 0.1) is 0 Å². The summed E-state index contributed by atoms with van der Waals surface area (Å²) in [6, 6.07) is 14.9. The van der Waals surface area contributed by atoms with Gasteiger partial charge in [0.1, 0.15) is 6.17 Å². The van der Waals surface area contributed by atoms with E-state index in [-0.39, 0.29) is 18.0 Å². The molecule has 1 atom stereocenters. The molecule has 0 aromatic heterocycles. The number of fused-ring (bicyclic) bond motifs is 5. The zero-order chi connectivity index (χ0) is 15.3. The first kappa shape index (κ1) is 13.1. The van der Waals surface area contributed by atoms with Gasteiger partial charge in [-0.05, 0) is 24.6 Å². The van der Waals surface area contributed by atoms with Crippen LogP contribution in [-0.2, 0) is 0 Å². The molecule has 2 aromatic carbocycles. The van der Waals surface area contributed by atoms with E-state index in [9.17, 15) is 9.59 Å². The number of anilines is 1. The number of carbonyl (C=O) groups is 2. The molecular formula is C18H16N2O2. The Morgan fingerprint density at radius 2 is 1.59 bits per heavy atom. The van der Waals surface area contributed by atoms with Crippen molar-refractivity contribution in [1.82, 2.24) is 4.90 Å². The first-order chi connectivity index (χ1) is 10.7. The minimum Gasteiger partial charge on any atom is -0.313 e. The average Bonchev–Trinajstić information content (AvgIpc) is 2.85. The number of para-hydroxylation sites is 1. The fourth-order valence-corrected chi connectivity index (χ4v) is 3.44. The molecule has 0 N–H and O–H groups in total. The molecule has 4 rings (SSSR count). The molecule has 0 fully saturated rings. The number of benzene rings is 2. The van der Waals surface area contributed by atoms with Crippen molar-refractivity contribution in [2.45, 2.75) is 19.5 Å². The highest BCUT2D eigenvalue weighted by Crippen LogP contribution is 2.44. The van der Waals surface area contributed by atoms with Crippen molar-refractivity contribution >= 4 is 17.5 Å². The quantitative estimate of drug-likeness (QED) is 0.852. The predicted octanol–water partition coefficient (Wildman–Crippen LogP) is 3.21. The lowest BCUT2D eigenvalue weighted by Gasteiger charge is -2.40. The molecule has 2 aliphatic rings. The van der Waals surface area contributed by atoms with Gasteiger partial charge in [0.2, 0.25) is 0 Å². The molecular weight excluding hydrogens is 276 g/mol. The second kappa shape index (κ2) is 4.70. The number of nitrogens with zero attached hydrogens (tertiary/aromatic N) is 2. The Bertz CT molecular complexity index is 784. The molecule has 22 heavy (non-hydrogen) atoms. The monoisotopic (exact) mass is 292 g/mol. The van der Waals surface area contributed by atoms with E-state index in [1.807, 2.05) is 54.3 Å². The van der Waals surface area contributed by atoms with E-state index >= 15 is 0 Å². The molecule has 0 bridgehead atoms. The number of amides is 2. The topological polar surface area (TPSA) is 40.6 Å². The summed E-state index contributed by atoms with van der Waals surface area (Å²) in [7, 11) is 0. The third-order valence-corrected chi connectivity index (χ3v) is 4.35. The summed E-state index contributed by atoms with van der Waals surface area (Å²) in [6.45, 7) is 2.68. The molecule has 4 heteroatoms. The average molecular weight is 292 g/mol. The molecule has 4 nitrogen and oxygen atoms in total. The molecule has 2 heterocycles. The molecule has 1 unspecified atom stereocenters. The summed E-state index contributed by atoms with van der Waals surface area (Å²) in [5.74, 6) is -0.0233. The zero-order valence-corrected chi connectivity index (χ0v) is 12.3. The lowest BCUT2D eigenvalue weighted by Crippen LogP contribution is -2.48. The van der Waals surface area contributed by atoms with Crippen LogP contribution in [0.25, 0.3) is 0 Å². The molecule has 2 aliphatic heterocycles. The van der Waals surface area contributed by atoms with E-state index in [0.717, 1.165) is 12.0 Å². The Morgan fingerprint density at radius 3 is 2.36 bits per heavy atom. The zero-order valence-electron chi connectivity index (χ0n) is 12.3. The summed E-state index contributed by atoms with van der Waals surface area (Å²) < 4.78 is 0. The van der Waals surface area contributed by atoms with Crippen LogP contribution in [0.3, 0.4) is 0 Å². The Labute approximate surface area is 129 Å². The van der Waals surface area contributed by atoms with Crippen molar-refractivity contribution < 1.29 is 9.59 Å². The lowest BCUT2D eigenvalue weighted by atomic mass is 10.0. The van der Waals surface area contributed by atoms with Gasteiger partial charge in [0.25, 0.3) is 11.8 Å². The van der Waals surface area contributed by atoms with Crippen molar-refractivity contribution in [2.75, 3.05) is 11.4 Å². The number of hydrogen-bond acceptors (Lipinski definition) is 2. The highest BCUT2D eigenvalue weighted by atomic mass is 16.2. The van der Waals surface area contributed by atoms with Gasteiger partial charge in [-0.2, -0.15) is 0 Å². The molecule has 0 saturated heterocycles. The van der Waals surface area contributed by atoms with E-state index in [1.54, 1.807) is 11.0 Å². The second-order valence-corrected chi connectivity index (χ2v) is 5.65. The number of rotatable bonds is 2. The van der Waals surface area contributed by atoms with Gasteiger partial charge in [-0.15, -0.1) is 0 Å². The van der Waals surface area contributed by atoms with E-state index < -0.39 is 0 Å². The maximum Gasteiger partial charge on any atom is 0.260 e. The van der Waals surface area contributed by atoms with Gasteiger partial charge < -0.3 is 4.90 Å². The molecule has 0 spiro atoms. The number of carbonyl (C=O) groups excluding carboxylic acids is 2. The van der Waals surface area contributed by atoms with Gasteiger partial charge in [-0.25, -0.2) is 0 Å². The minimum atomic E-state index is -0.314. The highest BCUT2D eigenvalue weighted by molar-refractivity contribution is 6.16. The van der Waals surface area contributed by atoms with Gasteiger partial charge >= 0.3 is 0 Å². The Morgan fingerprint density at radius 1 is 0.909 bits per heavy atom. The van der Waals surface area contributed by atoms with Crippen LogP contribution in [0.2, 0.25) is 0 Å². The van der Waals surface area contributed by atoms with Gasteiger partial charge in [-0.1, -0.05) is 37.3 Å². The van der Waals surface area contributed by atoms with Crippen molar-refractivity contribution in [2.24, 2.45) is 0 Å². The third-order valence-electron chi connectivity index (χ3n) is 4.35. The lowest BCUT2D eigenvalue weighted by molar-refractivity contribution is 0.0647. The van der Waals surface area contributed by atoms with Crippen molar-refractivity contribution in [3.8, 4) is 0 Å². The van der Waals surface area contributed by atoms with Gasteiger partial charge in [0, 0.05) is 17.7 Å². The molecule has 0 radical (unpaired) electrons. The van der Waals surface area contributed by atoms with Crippen LogP contribution in [-0.4, -0.2) is 23.3 Å². The van der Waals surface area contributed by atoms with Crippen molar-refractivity contribution in [3.05, 3.63) is 65.2 Å². The molecule has 110 valence electrons. The standard InChI is InChI=1S/C18H16N2O2/c1-2-11-19-16-12-7-3-4-8-13(12)18(22)20(16)15-10-6-5-9-14(15)17(19)21/h3-10,16H,2,11H2,1H3. The van der Waals surface area contributed by atoms with Crippen LogP contribution in [0.4, 0.5) is 5.69 Å².